The van der Waals surface area contributed by atoms with Crippen LogP contribution in [-0.4, -0.2) is 10.9 Å². The van der Waals surface area contributed by atoms with E-state index in [1.165, 1.54) is 24.5 Å². The van der Waals surface area contributed by atoms with E-state index in [0.29, 0.717) is 29.8 Å². The first-order valence-corrected chi connectivity index (χ1v) is 11.1. The third-order valence-corrected chi connectivity index (χ3v) is 7.10. The number of azo groups is 1. The van der Waals surface area contributed by atoms with Gasteiger partial charge in [0.1, 0.15) is 23.5 Å². The number of carbonyl (C=O) groups excluding carboxylic acids is 1. The number of carbonyl (C=O) groups is 1. The molecule has 1 saturated carbocycles. The molecule has 3 rings (SSSR count). The molecule has 2 aromatic rings. The lowest BCUT2D eigenvalue weighted by atomic mass is 9.63. The minimum Gasteiger partial charge on any atom is -0.310 e. The summed E-state index contributed by atoms with van der Waals surface area (Å²) in [7, 11) is 0. The number of nitrogens with one attached hydrogen (secondary N) is 1. The lowest BCUT2D eigenvalue weighted by Crippen LogP contribution is -2.44. The predicted molar refractivity (Wildman–Crippen MR) is 131 cm³/mol. The molecular weight excluding hydrogens is 448 g/mol. The number of hydrogen-bond donors (Lipinski definition) is 1. The molecule has 35 heavy (non-hydrogen) atoms. The van der Waals surface area contributed by atoms with E-state index in [9.17, 15) is 13.6 Å². The SMILES string of the molecule is C=C/N=N\C(=C/C(=C)C1CC[C@](C)(C(=O)Nc2ccc(C#N)cn2)C1(C)C)c1c(F)cccc1F. The Morgan fingerprint density at radius 3 is 2.51 bits per heavy atom. The second kappa shape index (κ2) is 10.1. The molecule has 0 aliphatic heterocycles. The van der Waals surface area contributed by atoms with Crippen molar-refractivity contribution in [1.29, 1.82) is 5.26 Å². The van der Waals surface area contributed by atoms with Crippen molar-refractivity contribution in [2.75, 3.05) is 5.32 Å². The van der Waals surface area contributed by atoms with E-state index in [2.05, 4.69) is 33.7 Å². The number of pyridine rings is 1. The Morgan fingerprint density at radius 2 is 1.94 bits per heavy atom. The number of anilines is 1. The summed E-state index contributed by atoms with van der Waals surface area (Å²) in [6, 6.07) is 8.73. The van der Waals surface area contributed by atoms with Crippen LogP contribution in [0.1, 0.15) is 44.7 Å². The highest BCUT2D eigenvalue weighted by Gasteiger charge is 2.56. The molecule has 1 heterocycles. The quantitative estimate of drug-likeness (QED) is 0.352. The summed E-state index contributed by atoms with van der Waals surface area (Å²) in [5.41, 5.74) is -0.677. The Morgan fingerprint density at radius 1 is 1.26 bits per heavy atom. The van der Waals surface area contributed by atoms with Crippen molar-refractivity contribution >= 4 is 17.4 Å². The number of hydrogen-bond acceptors (Lipinski definition) is 5. The van der Waals surface area contributed by atoms with Gasteiger partial charge in [0.05, 0.1) is 22.2 Å². The van der Waals surface area contributed by atoms with Gasteiger partial charge in [-0.2, -0.15) is 15.5 Å². The van der Waals surface area contributed by atoms with Crippen LogP contribution in [-0.2, 0) is 4.79 Å². The Bertz CT molecular complexity index is 1240. The molecule has 180 valence electrons. The Balaban J connectivity index is 1.90. The normalized spacial score (nSPS) is 21.5. The van der Waals surface area contributed by atoms with E-state index < -0.39 is 22.5 Å². The van der Waals surface area contributed by atoms with Gasteiger partial charge in [0.25, 0.3) is 0 Å². The molecule has 1 aromatic heterocycles. The van der Waals surface area contributed by atoms with Crippen molar-refractivity contribution in [3.05, 3.63) is 90.3 Å². The van der Waals surface area contributed by atoms with E-state index >= 15 is 0 Å². The molecule has 0 bridgehead atoms. The second-order valence-electron chi connectivity index (χ2n) is 9.24. The molecule has 1 aliphatic rings. The predicted octanol–water partition coefficient (Wildman–Crippen LogP) is 6.81. The zero-order valence-electron chi connectivity index (χ0n) is 20.0. The monoisotopic (exact) mass is 475 g/mol. The Kier molecular flexibility index (Phi) is 7.39. The molecule has 6 nitrogen and oxygen atoms in total. The molecule has 8 heteroatoms. The average molecular weight is 476 g/mol. The van der Waals surface area contributed by atoms with E-state index in [1.54, 1.807) is 12.1 Å². The number of rotatable bonds is 7. The maximum absolute atomic E-state index is 14.5. The maximum Gasteiger partial charge on any atom is 0.232 e. The van der Waals surface area contributed by atoms with Crippen molar-refractivity contribution < 1.29 is 13.6 Å². The smallest absolute Gasteiger partial charge is 0.232 e. The summed E-state index contributed by atoms with van der Waals surface area (Å²) in [4.78, 5) is 17.5. The highest BCUT2D eigenvalue weighted by molar-refractivity contribution is 5.95. The van der Waals surface area contributed by atoms with Gasteiger partial charge in [0, 0.05) is 12.4 Å². The fraction of sp³-hybridized carbons (Fsp3) is 0.296. The molecular formula is C27H27F2N5O. The van der Waals surface area contributed by atoms with Gasteiger partial charge in [-0.15, -0.1) is 0 Å². The van der Waals surface area contributed by atoms with E-state index in [1.807, 2.05) is 26.8 Å². The van der Waals surface area contributed by atoms with Crippen LogP contribution >= 0.6 is 0 Å². The summed E-state index contributed by atoms with van der Waals surface area (Å²) in [5, 5.41) is 19.5. The summed E-state index contributed by atoms with van der Waals surface area (Å²) in [5.74, 6) is -1.55. The first kappa shape index (κ1) is 25.6. The molecule has 1 aliphatic carbocycles. The van der Waals surface area contributed by atoms with Gasteiger partial charge in [-0.25, -0.2) is 13.8 Å². The lowest BCUT2D eigenvalue weighted by molar-refractivity contribution is -0.130. The largest absolute Gasteiger partial charge is 0.310 e. The van der Waals surface area contributed by atoms with Gasteiger partial charge in [0.15, 0.2) is 0 Å². The molecule has 1 amide bonds. The third kappa shape index (κ3) is 4.94. The van der Waals surface area contributed by atoms with Gasteiger partial charge >= 0.3 is 0 Å². The molecule has 1 unspecified atom stereocenters. The molecule has 1 aromatic carbocycles. The van der Waals surface area contributed by atoms with Crippen LogP contribution in [0.25, 0.3) is 5.70 Å². The Hall–Kier alpha value is -3.99. The zero-order valence-corrected chi connectivity index (χ0v) is 20.0. The lowest BCUT2D eigenvalue weighted by Gasteiger charge is -2.40. The van der Waals surface area contributed by atoms with Crippen molar-refractivity contribution in [3.63, 3.8) is 0 Å². The number of amides is 1. The fourth-order valence-corrected chi connectivity index (χ4v) is 4.62. The minimum absolute atomic E-state index is 0.0128. The van der Waals surface area contributed by atoms with Gasteiger partial charge < -0.3 is 5.32 Å². The number of nitrogens with zero attached hydrogens (tertiary/aromatic N) is 4. The zero-order chi connectivity index (χ0) is 25.8. The first-order chi connectivity index (χ1) is 16.5. The van der Waals surface area contributed by atoms with Gasteiger partial charge in [-0.1, -0.05) is 40.0 Å². The number of benzene rings is 1. The van der Waals surface area contributed by atoms with Crippen molar-refractivity contribution in [1.82, 2.24) is 4.98 Å². The average Bonchev–Trinajstić information content (AvgIpc) is 3.07. The number of allylic oxidation sites excluding steroid dienone is 2. The van der Waals surface area contributed by atoms with Crippen LogP contribution in [0.3, 0.4) is 0 Å². The topological polar surface area (TPSA) is 90.5 Å². The van der Waals surface area contributed by atoms with Crippen LogP contribution < -0.4 is 5.32 Å². The van der Waals surface area contributed by atoms with Gasteiger partial charge in [-0.3, -0.25) is 4.79 Å². The molecule has 1 fully saturated rings. The number of halogens is 2. The number of aromatic nitrogens is 1. The van der Waals surface area contributed by atoms with Crippen molar-refractivity contribution in [2.24, 2.45) is 27.0 Å². The summed E-state index contributed by atoms with van der Waals surface area (Å²) in [6.07, 6.45) is 5.30. The van der Waals surface area contributed by atoms with E-state index in [4.69, 9.17) is 5.26 Å². The van der Waals surface area contributed by atoms with Crippen LogP contribution in [0.15, 0.2) is 77.8 Å². The van der Waals surface area contributed by atoms with Crippen LogP contribution in [0.5, 0.6) is 0 Å². The highest BCUT2D eigenvalue weighted by atomic mass is 19.1. The second-order valence-corrected chi connectivity index (χ2v) is 9.24. The van der Waals surface area contributed by atoms with Crippen LogP contribution in [0, 0.1) is 39.7 Å². The summed E-state index contributed by atoms with van der Waals surface area (Å²) in [6.45, 7) is 13.5. The van der Waals surface area contributed by atoms with Crippen LogP contribution in [0.2, 0.25) is 0 Å². The summed E-state index contributed by atoms with van der Waals surface area (Å²) < 4.78 is 29.0. The maximum atomic E-state index is 14.5. The molecule has 0 spiro atoms. The first-order valence-electron chi connectivity index (χ1n) is 11.1. The standard InChI is InChI=1S/C27H27F2N5O/c1-6-32-34-22(24-20(28)8-7-9-21(24)29)14-17(2)19-12-13-27(5,26(19,3)4)25(35)33-23-11-10-18(15-30)16-31-23/h6-11,14,16,19H,1-2,12-13H2,3-5H3,(H,31,33,35)/b22-14-,34-32-/t19?,27-/m1/s1. The van der Waals surface area contributed by atoms with Crippen LogP contribution in [0.4, 0.5) is 14.6 Å². The minimum atomic E-state index is -0.782. The molecule has 2 atom stereocenters. The highest BCUT2D eigenvalue weighted by Crippen LogP contribution is 2.58. The molecule has 1 N–H and O–H groups in total. The van der Waals surface area contributed by atoms with Gasteiger partial charge in [-0.05, 0) is 60.1 Å². The molecule has 0 radical (unpaired) electrons. The number of nitriles is 1. The van der Waals surface area contributed by atoms with Crippen molar-refractivity contribution in [3.8, 4) is 6.07 Å². The molecule has 0 saturated heterocycles. The van der Waals surface area contributed by atoms with Gasteiger partial charge in [0.2, 0.25) is 5.91 Å². The summed E-state index contributed by atoms with van der Waals surface area (Å²) >= 11 is 0. The third-order valence-electron chi connectivity index (χ3n) is 7.10. The van der Waals surface area contributed by atoms with E-state index in [-0.39, 0.29) is 23.1 Å². The fourth-order valence-electron chi connectivity index (χ4n) is 4.62. The van der Waals surface area contributed by atoms with E-state index in [0.717, 1.165) is 12.1 Å². The van der Waals surface area contributed by atoms with Crippen molar-refractivity contribution in [2.45, 2.75) is 33.6 Å². The Labute approximate surface area is 203 Å².